The fraction of sp³-hybridized carbons (Fsp3) is 0.636. The molecular formula is C11H19N3O5S. The average molecular weight is 305 g/mol. The van der Waals surface area contributed by atoms with Gasteiger partial charge in [0.05, 0.1) is 0 Å². The maximum atomic E-state index is 12.1. The Kier molecular flexibility index (Phi) is 5.26. The molecule has 20 heavy (non-hydrogen) atoms. The summed E-state index contributed by atoms with van der Waals surface area (Å²) in [5, 5.41) is 8.71. The fourth-order valence-electron chi connectivity index (χ4n) is 1.74. The molecule has 0 saturated heterocycles. The zero-order valence-corrected chi connectivity index (χ0v) is 12.5. The summed E-state index contributed by atoms with van der Waals surface area (Å²) in [5.41, 5.74) is -1.46. The number of aliphatic hydroxyl groups is 1. The molecule has 0 aliphatic rings. The van der Waals surface area contributed by atoms with Crippen molar-refractivity contribution >= 4 is 10.0 Å². The fourth-order valence-corrected chi connectivity index (χ4v) is 3.18. The van der Waals surface area contributed by atoms with Crippen molar-refractivity contribution in [2.45, 2.75) is 30.7 Å². The van der Waals surface area contributed by atoms with Gasteiger partial charge in [0, 0.05) is 32.9 Å². The van der Waals surface area contributed by atoms with Crippen LogP contribution >= 0.6 is 0 Å². The molecule has 1 rings (SSSR count). The van der Waals surface area contributed by atoms with E-state index in [1.165, 1.54) is 14.1 Å². The van der Waals surface area contributed by atoms with Crippen LogP contribution in [0.3, 0.4) is 0 Å². The molecule has 0 aliphatic heterocycles. The van der Waals surface area contributed by atoms with Gasteiger partial charge in [0.2, 0.25) is 10.0 Å². The van der Waals surface area contributed by atoms with Crippen LogP contribution in [0.2, 0.25) is 0 Å². The number of nitrogens with zero attached hydrogens (tertiary/aromatic N) is 2. The summed E-state index contributed by atoms with van der Waals surface area (Å²) in [6.45, 7) is 1.60. The van der Waals surface area contributed by atoms with E-state index in [0.29, 0.717) is 12.8 Å². The van der Waals surface area contributed by atoms with Crippen molar-refractivity contribution in [3.63, 3.8) is 0 Å². The van der Waals surface area contributed by atoms with Gasteiger partial charge in [-0.1, -0.05) is 0 Å². The molecule has 0 saturated carbocycles. The van der Waals surface area contributed by atoms with E-state index in [0.717, 1.165) is 15.3 Å². The zero-order chi connectivity index (χ0) is 15.5. The van der Waals surface area contributed by atoms with Gasteiger partial charge in [-0.15, -0.1) is 0 Å². The summed E-state index contributed by atoms with van der Waals surface area (Å²) in [6, 6.07) is -0.422. The number of aliphatic hydroxyl groups excluding tert-OH is 1. The monoisotopic (exact) mass is 305 g/mol. The topological polar surface area (TPSA) is 110 Å². The van der Waals surface area contributed by atoms with Crippen LogP contribution in [0, 0.1) is 0 Å². The van der Waals surface area contributed by atoms with Crippen molar-refractivity contribution in [2.24, 2.45) is 14.1 Å². The SMILES string of the molecule is CC(CCCO)NS(=O)(=O)c1cn(C)c(=O)n(C)c1=O. The lowest BCUT2D eigenvalue weighted by atomic mass is 10.2. The molecule has 0 fully saturated rings. The second kappa shape index (κ2) is 6.33. The molecule has 8 nitrogen and oxygen atoms in total. The lowest BCUT2D eigenvalue weighted by Gasteiger charge is -2.14. The van der Waals surface area contributed by atoms with Gasteiger partial charge in [-0.2, -0.15) is 0 Å². The van der Waals surface area contributed by atoms with Crippen LogP contribution in [0.4, 0.5) is 0 Å². The molecule has 0 radical (unpaired) electrons. The first-order valence-electron chi connectivity index (χ1n) is 6.10. The van der Waals surface area contributed by atoms with Crippen LogP contribution in [0.25, 0.3) is 0 Å². The number of rotatable bonds is 6. The van der Waals surface area contributed by atoms with Gasteiger partial charge in [0.25, 0.3) is 5.56 Å². The highest BCUT2D eigenvalue weighted by Gasteiger charge is 2.23. The molecular weight excluding hydrogens is 286 g/mol. The van der Waals surface area contributed by atoms with E-state index in [1.54, 1.807) is 6.92 Å². The van der Waals surface area contributed by atoms with Gasteiger partial charge in [-0.3, -0.25) is 9.36 Å². The highest BCUT2D eigenvalue weighted by atomic mass is 32.2. The third-order valence-corrected chi connectivity index (χ3v) is 4.43. The van der Waals surface area contributed by atoms with Crippen molar-refractivity contribution in [1.82, 2.24) is 13.9 Å². The Morgan fingerprint density at radius 3 is 2.50 bits per heavy atom. The van der Waals surface area contributed by atoms with Crippen molar-refractivity contribution in [2.75, 3.05) is 6.61 Å². The molecule has 114 valence electrons. The smallest absolute Gasteiger partial charge is 0.330 e. The Labute approximate surface area is 116 Å². The Hall–Kier alpha value is -1.45. The lowest BCUT2D eigenvalue weighted by molar-refractivity contribution is 0.279. The van der Waals surface area contributed by atoms with E-state index in [2.05, 4.69) is 4.72 Å². The first kappa shape index (κ1) is 16.6. The summed E-state index contributed by atoms with van der Waals surface area (Å²) in [4.78, 5) is 22.9. The Morgan fingerprint density at radius 1 is 1.35 bits per heavy atom. The number of hydrogen-bond donors (Lipinski definition) is 2. The molecule has 1 aromatic rings. The molecule has 1 atom stereocenters. The van der Waals surface area contributed by atoms with Gasteiger partial charge in [-0.05, 0) is 19.8 Å². The van der Waals surface area contributed by atoms with Crippen molar-refractivity contribution in [3.8, 4) is 0 Å². The molecule has 0 spiro atoms. The van der Waals surface area contributed by atoms with E-state index < -0.39 is 32.2 Å². The summed E-state index contributed by atoms with van der Waals surface area (Å²) in [6.07, 6.45) is 1.91. The molecule has 1 unspecified atom stereocenters. The van der Waals surface area contributed by atoms with Crippen molar-refractivity contribution in [1.29, 1.82) is 0 Å². The molecule has 1 aromatic heterocycles. The second-order valence-corrected chi connectivity index (χ2v) is 6.32. The minimum absolute atomic E-state index is 0.0341. The number of aromatic nitrogens is 2. The Bertz CT molecular complexity index is 689. The lowest BCUT2D eigenvalue weighted by Crippen LogP contribution is -2.43. The van der Waals surface area contributed by atoms with Gasteiger partial charge >= 0.3 is 5.69 Å². The van der Waals surface area contributed by atoms with E-state index >= 15 is 0 Å². The number of hydrogen-bond acceptors (Lipinski definition) is 5. The molecule has 2 N–H and O–H groups in total. The molecule has 0 amide bonds. The Morgan fingerprint density at radius 2 is 1.95 bits per heavy atom. The number of aryl methyl sites for hydroxylation is 1. The largest absolute Gasteiger partial charge is 0.396 e. The molecule has 1 heterocycles. The van der Waals surface area contributed by atoms with E-state index in [1.807, 2.05) is 0 Å². The van der Waals surface area contributed by atoms with Crippen LogP contribution in [0.1, 0.15) is 19.8 Å². The predicted molar refractivity (Wildman–Crippen MR) is 73.0 cm³/mol. The average Bonchev–Trinajstić information content (AvgIpc) is 2.37. The van der Waals surface area contributed by atoms with Crippen LogP contribution in [-0.4, -0.2) is 35.3 Å². The summed E-state index contributed by atoms with van der Waals surface area (Å²) in [7, 11) is -1.41. The van der Waals surface area contributed by atoms with Crippen molar-refractivity contribution < 1.29 is 13.5 Å². The summed E-state index contributed by atoms with van der Waals surface area (Å²) >= 11 is 0. The van der Waals surface area contributed by atoms with Gasteiger partial charge in [0.1, 0.15) is 0 Å². The third-order valence-electron chi connectivity index (χ3n) is 2.86. The standard InChI is InChI=1S/C11H19N3O5S/c1-8(5-4-6-15)12-20(18,19)9-7-13(2)11(17)14(3)10(9)16/h7-8,12,15H,4-6H2,1-3H3. The maximum Gasteiger partial charge on any atom is 0.330 e. The quantitative estimate of drug-likeness (QED) is 0.666. The van der Waals surface area contributed by atoms with Gasteiger partial charge < -0.3 is 9.67 Å². The second-order valence-electron chi connectivity index (χ2n) is 4.64. The summed E-state index contributed by atoms with van der Waals surface area (Å²) in [5.74, 6) is 0. The number of sulfonamides is 1. The molecule has 0 bridgehead atoms. The maximum absolute atomic E-state index is 12.1. The Balaban J connectivity index is 3.18. The first-order valence-corrected chi connectivity index (χ1v) is 7.59. The van der Waals surface area contributed by atoms with Gasteiger partial charge in [-0.25, -0.2) is 17.9 Å². The number of nitrogens with one attached hydrogen (secondary N) is 1. The van der Waals surface area contributed by atoms with Gasteiger partial charge in [0.15, 0.2) is 4.90 Å². The van der Waals surface area contributed by atoms with Crippen LogP contribution in [0.5, 0.6) is 0 Å². The van der Waals surface area contributed by atoms with Crippen LogP contribution < -0.4 is 16.0 Å². The minimum atomic E-state index is -4.01. The third kappa shape index (κ3) is 3.56. The van der Waals surface area contributed by atoms with Crippen LogP contribution in [0.15, 0.2) is 20.7 Å². The first-order chi connectivity index (χ1) is 9.20. The molecule has 9 heteroatoms. The van der Waals surface area contributed by atoms with E-state index in [9.17, 15) is 18.0 Å². The minimum Gasteiger partial charge on any atom is -0.396 e. The zero-order valence-electron chi connectivity index (χ0n) is 11.7. The highest BCUT2D eigenvalue weighted by molar-refractivity contribution is 7.89. The molecule has 0 aromatic carbocycles. The highest BCUT2D eigenvalue weighted by Crippen LogP contribution is 2.04. The van der Waals surface area contributed by atoms with E-state index in [-0.39, 0.29) is 6.61 Å². The van der Waals surface area contributed by atoms with Crippen LogP contribution in [-0.2, 0) is 24.1 Å². The summed E-state index contributed by atoms with van der Waals surface area (Å²) < 4.78 is 28.4. The molecule has 0 aliphatic carbocycles. The van der Waals surface area contributed by atoms with E-state index in [4.69, 9.17) is 5.11 Å². The predicted octanol–water partition coefficient (Wildman–Crippen LogP) is -1.48. The van der Waals surface area contributed by atoms with Crippen molar-refractivity contribution in [3.05, 3.63) is 27.0 Å². The normalized spacial score (nSPS) is 13.4.